The lowest BCUT2D eigenvalue weighted by atomic mass is 9.91. The zero-order valence-electron chi connectivity index (χ0n) is 12.0. The standard InChI is InChI=1S/C16H25N3O/c17-11-15(14-4-2-1-3-5-14)12-19-8-6-13(7-9-19)10-16(18)20/h1-5,13,15H,6-12,17H2,(H2,18,20). The number of primary amides is 1. The van der Waals surface area contributed by atoms with Gasteiger partial charge in [-0.05, 0) is 37.4 Å². The van der Waals surface area contributed by atoms with E-state index in [1.54, 1.807) is 0 Å². The number of likely N-dealkylation sites (tertiary alicyclic amines) is 1. The van der Waals surface area contributed by atoms with Crippen LogP contribution in [0.4, 0.5) is 0 Å². The van der Waals surface area contributed by atoms with E-state index in [0.29, 0.717) is 24.8 Å². The number of nitrogens with zero attached hydrogens (tertiary/aromatic N) is 1. The van der Waals surface area contributed by atoms with Crippen molar-refractivity contribution in [2.24, 2.45) is 17.4 Å². The summed E-state index contributed by atoms with van der Waals surface area (Å²) in [4.78, 5) is 13.4. The summed E-state index contributed by atoms with van der Waals surface area (Å²) < 4.78 is 0. The molecule has 0 radical (unpaired) electrons. The Morgan fingerprint density at radius 1 is 1.25 bits per heavy atom. The molecule has 4 N–H and O–H groups in total. The van der Waals surface area contributed by atoms with Gasteiger partial charge in [0.25, 0.3) is 0 Å². The topological polar surface area (TPSA) is 72.3 Å². The molecule has 1 aromatic carbocycles. The summed E-state index contributed by atoms with van der Waals surface area (Å²) in [5.41, 5.74) is 12.5. The zero-order chi connectivity index (χ0) is 14.4. The minimum atomic E-state index is -0.174. The summed E-state index contributed by atoms with van der Waals surface area (Å²) in [7, 11) is 0. The summed E-state index contributed by atoms with van der Waals surface area (Å²) in [6, 6.07) is 10.5. The monoisotopic (exact) mass is 275 g/mol. The highest BCUT2D eigenvalue weighted by atomic mass is 16.1. The zero-order valence-corrected chi connectivity index (χ0v) is 12.0. The molecule has 20 heavy (non-hydrogen) atoms. The van der Waals surface area contributed by atoms with Crippen LogP contribution in [0.1, 0.15) is 30.7 Å². The Hall–Kier alpha value is -1.39. The molecule has 4 heteroatoms. The van der Waals surface area contributed by atoms with E-state index in [0.717, 1.165) is 32.5 Å². The van der Waals surface area contributed by atoms with E-state index >= 15 is 0 Å². The molecule has 1 fully saturated rings. The number of piperidine rings is 1. The lowest BCUT2D eigenvalue weighted by molar-refractivity contribution is -0.119. The number of amides is 1. The lowest BCUT2D eigenvalue weighted by Crippen LogP contribution is -2.38. The van der Waals surface area contributed by atoms with Gasteiger partial charge in [-0.2, -0.15) is 0 Å². The third-order valence-corrected chi connectivity index (χ3v) is 4.23. The molecule has 1 aliphatic heterocycles. The SMILES string of the molecule is NCC(CN1CCC(CC(N)=O)CC1)c1ccccc1. The molecule has 1 amide bonds. The van der Waals surface area contributed by atoms with Crippen molar-refractivity contribution in [2.75, 3.05) is 26.2 Å². The summed E-state index contributed by atoms with van der Waals surface area (Å²) in [5, 5.41) is 0. The van der Waals surface area contributed by atoms with Crippen molar-refractivity contribution in [3.8, 4) is 0 Å². The van der Waals surface area contributed by atoms with Crippen molar-refractivity contribution in [3.05, 3.63) is 35.9 Å². The fourth-order valence-electron chi connectivity index (χ4n) is 3.01. The van der Waals surface area contributed by atoms with Gasteiger partial charge in [0.2, 0.25) is 5.91 Å². The number of hydrogen-bond acceptors (Lipinski definition) is 3. The minimum absolute atomic E-state index is 0.174. The number of benzene rings is 1. The van der Waals surface area contributed by atoms with E-state index in [2.05, 4.69) is 29.2 Å². The van der Waals surface area contributed by atoms with Gasteiger partial charge in [-0.25, -0.2) is 0 Å². The minimum Gasteiger partial charge on any atom is -0.370 e. The van der Waals surface area contributed by atoms with Crippen LogP contribution >= 0.6 is 0 Å². The first-order valence-corrected chi connectivity index (χ1v) is 7.44. The van der Waals surface area contributed by atoms with Crippen LogP contribution in [0.3, 0.4) is 0 Å². The second-order valence-electron chi connectivity index (χ2n) is 5.76. The molecule has 0 aromatic heterocycles. The Labute approximate surface area is 121 Å². The Bertz CT molecular complexity index is 413. The molecule has 1 aromatic rings. The summed E-state index contributed by atoms with van der Waals surface area (Å²) >= 11 is 0. The molecule has 4 nitrogen and oxygen atoms in total. The molecule has 1 saturated heterocycles. The molecular weight excluding hydrogens is 250 g/mol. The van der Waals surface area contributed by atoms with Gasteiger partial charge in [0, 0.05) is 25.4 Å². The van der Waals surface area contributed by atoms with E-state index in [-0.39, 0.29) is 5.91 Å². The molecule has 0 spiro atoms. The van der Waals surface area contributed by atoms with Crippen LogP contribution in [-0.4, -0.2) is 37.0 Å². The first kappa shape index (κ1) is 15.0. The average molecular weight is 275 g/mol. The average Bonchev–Trinajstić information content (AvgIpc) is 2.47. The quantitative estimate of drug-likeness (QED) is 0.822. The smallest absolute Gasteiger partial charge is 0.217 e. The molecule has 0 aliphatic carbocycles. The molecule has 0 saturated carbocycles. The van der Waals surface area contributed by atoms with Gasteiger partial charge in [0.1, 0.15) is 0 Å². The Morgan fingerprint density at radius 3 is 2.45 bits per heavy atom. The van der Waals surface area contributed by atoms with Crippen molar-refractivity contribution < 1.29 is 4.79 Å². The number of rotatable bonds is 6. The molecule has 0 bridgehead atoms. The normalized spacial score (nSPS) is 18.9. The highest BCUT2D eigenvalue weighted by Crippen LogP contribution is 2.23. The van der Waals surface area contributed by atoms with Crippen molar-refractivity contribution in [2.45, 2.75) is 25.2 Å². The van der Waals surface area contributed by atoms with Crippen LogP contribution in [0.25, 0.3) is 0 Å². The lowest BCUT2D eigenvalue weighted by Gasteiger charge is -2.33. The maximum absolute atomic E-state index is 11.0. The molecule has 1 atom stereocenters. The van der Waals surface area contributed by atoms with Crippen LogP contribution in [-0.2, 0) is 4.79 Å². The third kappa shape index (κ3) is 4.32. The van der Waals surface area contributed by atoms with Crippen LogP contribution in [0, 0.1) is 5.92 Å². The van der Waals surface area contributed by atoms with E-state index in [1.165, 1.54) is 5.56 Å². The van der Waals surface area contributed by atoms with Gasteiger partial charge in [-0.3, -0.25) is 4.79 Å². The summed E-state index contributed by atoms with van der Waals surface area (Å²) in [6.07, 6.45) is 2.66. The highest BCUT2D eigenvalue weighted by Gasteiger charge is 2.22. The Morgan fingerprint density at radius 2 is 1.90 bits per heavy atom. The fraction of sp³-hybridized carbons (Fsp3) is 0.562. The van der Waals surface area contributed by atoms with Crippen LogP contribution in [0.2, 0.25) is 0 Å². The van der Waals surface area contributed by atoms with Gasteiger partial charge in [-0.1, -0.05) is 30.3 Å². The van der Waals surface area contributed by atoms with Crippen LogP contribution in [0.15, 0.2) is 30.3 Å². The van der Waals surface area contributed by atoms with Gasteiger partial charge in [0.15, 0.2) is 0 Å². The summed E-state index contributed by atoms with van der Waals surface area (Å²) in [5.74, 6) is 0.688. The number of nitrogens with two attached hydrogens (primary N) is 2. The molecule has 1 aliphatic rings. The fourth-order valence-corrected chi connectivity index (χ4v) is 3.01. The predicted octanol–water partition coefficient (Wildman–Crippen LogP) is 1.32. The molecule has 110 valence electrons. The number of carbonyl (C=O) groups is 1. The Kier molecular flexibility index (Phi) is 5.56. The van der Waals surface area contributed by atoms with Crippen LogP contribution < -0.4 is 11.5 Å². The van der Waals surface area contributed by atoms with E-state index < -0.39 is 0 Å². The van der Waals surface area contributed by atoms with Gasteiger partial charge in [0.05, 0.1) is 0 Å². The first-order chi connectivity index (χ1) is 9.69. The van der Waals surface area contributed by atoms with Gasteiger partial charge >= 0.3 is 0 Å². The van der Waals surface area contributed by atoms with Gasteiger partial charge in [-0.15, -0.1) is 0 Å². The Balaban J connectivity index is 1.83. The second-order valence-corrected chi connectivity index (χ2v) is 5.76. The highest BCUT2D eigenvalue weighted by molar-refractivity contribution is 5.73. The van der Waals surface area contributed by atoms with E-state index in [4.69, 9.17) is 11.5 Å². The molecular formula is C16H25N3O. The van der Waals surface area contributed by atoms with E-state index in [9.17, 15) is 4.79 Å². The van der Waals surface area contributed by atoms with Crippen molar-refractivity contribution in [1.82, 2.24) is 4.90 Å². The van der Waals surface area contributed by atoms with Gasteiger partial charge < -0.3 is 16.4 Å². The van der Waals surface area contributed by atoms with Crippen molar-refractivity contribution in [3.63, 3.8) is 0 Å². The van der Waals surface area contributed by atoms with E-state index in [1.807, 2.05) is 6.07 Å². The number of hydrogen-bond donors (Lipinski definition) is 2. The van der Waals surface area contributed by atoms with Crippen molar-refractivity contribution >= 4 is 5.91 Å². The first-order valence-electron chi connectivity index (χ1n) is 7.44. The summed E-state index contributed by atoms with van der Waals surface area (Å²) in [6.45, 7) is 3.76. The maximum Gasteiger partial charge on any atom is 0.217 e. The van der Waals surface area contributed by atoms with Crippen molar-refractivity contribution in [1.29, 1.82) is 0 Å². The number of carbonyl (C=O) groups excluding carboxylic acids is 1. The largest absolute Gasteiger partial charge is 0.370 e. The molecule has 2 rings (SSSR count). The molecule has 1 heterocycles. The molecule has 1 unspecified atom stereocenters. The third-order valence-electron chi connectivity index (χ3n) is 4.23. The predicted molar refractivity (Wildman–Crippen MR) is 81.2 cm³/mol. The van der Waals surface area contributed by atoms with Crippen LogP contribution in [0.5, 0.6) is 0 Å². The maximum atomic E-state index is 11.0. The second kappa shape index (κ2) is 7.41.